The Morgan fingerprint density at radius 2 is 1.31 bits per heavy atom. The summed E-state index contributed by atoms with van der Waals surface area (Å²) in [6.45, 7) is 12.0. The number of aromatic nitrogens is 4. The molecule has 0 aromatic carbocycles. The summed E-state index contributed by atoms with van der Waals surface area (Å²) in [7, 11) is 0. The summed E-state index contributed by atoms with van der Waals surface area (Å²) >= 11 is 0. The van der Waals surface area contributed by atoms with Crippen LogP contribution in [0.5, 0.6) is 0 Å². The van der Waals surface area contributed by atoms with Gasteiger partial charge in [0.05, 0.1) is 6.20 Å². The number of hydrogen-bond donors (Lipinski definition) is 0. The van der Waals surface area contributed by atoms with Gasteiger partial charge in [-0.15, -0.1) is 0 Å². The second-order valence-electron chi connectivity index (χ2n) is 1.79. The molecule has 0 bridgehead atoms. The predicted molar refractivity (Wildman–Crippen MR) is 69.2 cm³/mol. The van der Waals surface area contributed by atoms with Gasteiger partial charge in [0.2, 0.25) is 0 Å². The van der Waals surface area contributed by atoms with E-state index in [-0.39, 0.29) is 0 Å². The SMILES string of the molecule is CC.CC.CC.c1cnc2ncncc2n1. The maximum absolute atomic E-state index is 3.99. The van der Waals surface area contributed by atoms with E-state index in [2.05, 4.69) is 19.9 Å². The van der Waals surface area contributed by atoms with E-state index >= 15 is 0 Å². The lowest BCUT2D eigenvalue weighted by molar-refractivity contribution is 1.15. The third kappa shape index (κ3) is 6.01. The number of hydrogen-bond acceptors (Lipinski definition) is 4. The van der Waals surface area contributed by atoms with Crippen molar-refractivity contribution in [2.24, 2.45) is 0 Å². The molecule has 0 aliphatic carbocycles. The molecule has 0 spiro atoms. The van der Waals surface area contributed by atoms with Gasteiger partial charge in [-0.2, -0.15) is 0 Å². The maximum atomic E-state index is 3.99. The van der Waals surface area contributed by atoms with Crippen LogP contribution in [0.25, 0.3) is 11.2 Å². The summed E-state index contributed by atoms with van der Waals surface area (Å²) in [5, 5.41) is 0. The molecule has 0 amide bonds. The fraction of sp³-hybridized carbons (Fsp3) is 0.500. The Morgan fingerprint density at radius 1 is 0.750 bits per heavy atom. The van der Waals surface area contributed by atoms with Gasteiger partial charge in [0, 0.05) is 12.4 Å². The van der Waals surface area contributed by atoms with Crippen LogP contribution in [0.1, 0.15) is 41.5 Å². The van der Waals surface area contributed by atoms with Crippen molar-refractivity contribution in [3.63, 3.8) is 0 Å². The van der Waals surface area contributed by atoms with Crippen molar-refractivity contribution in [2.75, 3.05) is 0 Å². The molecule has 0 radical (unpaired) electrons. The molecule has 0 aliphatic heterocycles. The van der Waals surface area contributed by atoms with Gasteiger partial charge in [-0.25, -0.2) is 19.9 Å². The van der Waals surface area contributed by atoms with Gasteiger partial charge in [0.15, 0.2) is 5.65 Å². The molecule has 4 nitrogen and oxygen atoms in total. The highest BCUT2D eigenvalue weighted by atomic mass is 14.9. The van der Waals surface area contributed by atoms with E-state index in [1.807, 2.05) is 41.5 Å². The van der Waals surface area contributed by atoms with E-state index < -0.39 is 0 Å². The second kappa shape index (κ2) is 13.4. The highest BCUT2D eigenvalue weighted by Crippen LogP contribution is 1.98. The molecule has 4 heteroatoms. The maximum Gasteiger partial charge on any atom is 0.181 e. The first-order valence-corrected chi connectivity index (χ1v) is 5.83. The molecule has 0 unspecified atom stereocenters. The molecule has 90 valence electrons. The minimum absolute atomic E-state index is 0.637. The van der Waals surface area contributed by atoms with Crippen LogP contribution in [0.4, 0.5) is 0 Å². The monoisotopic (exact) mass is 222 g/mol. The lowest BCUT2D eigenvalue weighted by Gasteiger charge is -1.89. The summed E-state index contributed by atoms with van der Waals surface area (Å²) in [5.74, 6) is 0. The van der Waals surface area contributed by atoms with Crippen molar-refractivity contribution in [1.82, 2.24) is 19.9 Å². The normalized spacial score (nSPS) is 7.38. The van der Waals surface area contributed by atoms with E-state index in [0.29, 0.717) is 5.65 Å². The summed E-state index contributed by atoms with van der Waals surface area (Å²) in [6.07, 6.45) is 6.31. The second-order valence-corrected chi connectivity index (χ2v) is 1.79. The Hall–Kier alpha value is -1.58. The lowest BCUT2D eigenvalue weighted by atomic mass is 10.5. The molecule has 0 fully saturated rings. The summed E-state index contributed by atoms with van der Waals surface area (Å²) in [5.41, 5.74) is 1.36. The summed E-state index contributed by atoms with van der Waals surface area (Å²) < 4.78 is 0. The van der Waals surface area contributed by atoms with Gasteiger partial charge in [0.1, 0.15) is 11.8 Å². The molecule has 16 heavy (non-hydrogen) atoms. The molecular weight excluding hydrogens is 200 g/mol. The Kier molecular flexibility index (Phi) is 14.1. The van der Waals surface area contributed by atoms with E-state index in [1.54, 1.807) is 18.6 Å². The van der Waals surface area contributed by atoms with Crippen LogP contribution >= 0.6 is 0 Å². The topological polar surface area (TPSA) is 51.6 Å². The third-order valence-electron chi connectivity index (χ3n) is 1.15. The minimum Gasteiger partial charge on any atom is -0.250 e. The molecule has 0 N–H and O–H groups in total. The molecule has 2 rings (SSSR count). The first-order valence-electron chi connectivity index (χ1n) is 5.83. The van der Waals surface area contributed by atoms with E-state index in [1.165, 1.54) is 6.33 Å². The Labute approximate surface area is 98.2 Å². The standard InChI is InChI=1S/C6H4N4.3C2H6/c1-2-9-6-5(8-1)3-7-4-10-6;3*1-2/h1-4H;3*1-2H3. The summed E-state index contributed by atoms with van der Waals surface area (Å²) in [4.78, 5) is 15.7. The van der Waals surface area contributed by atoms with Crippen molar-refractivity contribution in [1.29, 1.82) is 0 Å². The molecule has 0 aliphatic rings. The Balaban J connectivity index is 0. The van der Waals surface area contributed by atoms with Crippen LogP contribution in [0, 0.1) is 0 Å². The molecular formula is C12H22N4. The van der Waals surface area contributed by atoms with Crippen LogP contribution < -0.4 is 0 Å². The summed E-state index contributed by atoms with van der Waals surface area (Å²) in [6, 6.07) is 0. The quantitative estimate of drug-likeness (QED) is 0.684. The molecule has 2 aromatic heterocycles. The zero-order valence-electron chi connectivity index (χ0n) is 11.1. The molecule has 2 heterocycles. The van der Waals surface area contributed by atoms with Crippen LogP contribution in [0.15, 0.2) is 24.9 Å². The van der Waals surface area contributed by atoms with Gasteiger partial charge >= 0.3 is 0 Å². The van der Waals surface area contributed by atoms with Crippen molar-refractivity contribution >= 4 is 11.2 Å². The molecule has 0 saturated carbocycles. The van der Waals surface area contributed by atoms with E-state index in [0.717, 1.165) is 5.52 Å². The molecule has 2 aromatic rings. The molecule has 0 saturated heterocycles. The van der Waals surface area contributed by atoms with Gasteiger partial charge in [0.25, 0.3) is 0 Å². The van der Waals surface area contributed by atoms with Crippen molar-refractivity contribution in [2.45, 2.75) is 41.5 Å². The highest BCUT2D eigenvalue weighted by molar-refractivity contribution is 5.66. The third-order valence-corrected chi connectivity index (χ3v) is 1.15. The van der Waals surface area contributed by atoms with E-state index in [9.17, 15) is 0 Å². The van der Waals surface area contributed by atoms with Crippen molar-refractivity contribution < 1.29 is 0 Å². The fourth-order valence-electron chi connectivity index (χ4n) is 0.724. The van der Waals surface area contributed by atoms with Crippen molar-refractivity contribution in [3.05, 3.63) is 24.9 Å². The Bertz CT molecular complexity index is 284. The zero-order chi connectivity index (χ0) is 12.8. The number of fused-ring (bicyclic) bond motifs is 1. The van der Waals surface area contributed by atoms with Gasteiger partial charge < -0.3 is 0 Å². The molecule has 0 atom stereocenters. The van der Waals surface area contributed by atoms with Crippen LogP contribution in [-0.4, -0.2) is 19.9 Å². The van der Waals surface area contributed by atoms with Crippen LogP contribution in [-0.2, 0) is 0 Å². The predicted octanol–water partition coefficient (Wildman–Crippen LogP) is 3.50. The minimum atomic E-state index is 0.637. The Morgan fingerprint density at radius 3 is 1.88 bits per heavy atom. The first kappa shape index (κ1) is 16.8. The van der Waals surface area contributed by atoms with Crippen LogP contribution in [0.3, 0.4) is 0 Å². The van der Waals surface area contributed by atoms with Crippen molar-refractivity contribution in [3.8, 4) is 0 Å². The largest absolute Gasteiger partial charge is 0.250 e. The van der Waals surface area contributed by atoms with Gasteiger partial charge in [-0.3, -0.25) is 0 Å². The van der Waals surface area contributed by atoms with Gasteiger partial charge in [-0.1, -0.05) is 41.5 Å². The van der Waals surface area contributed by atoms with E-state index in [4.69, 9.17) is 0 Å². The highest BCUT2D eigenvalue weighted by Gasteiger charge is 1.90. The fourth-order valence-corrected chi connectivity index (χ4v) is 0.724. The zero-order valence-corrected chi connectivity index (χ0v) is 11.1. The smallest absolute Gasteiger partial charge is 0.181 e. The lowest BCUT2D eigenvalue weighted by Crippen LogP contribution is -1.85. The first-order chi connectivity index (χ1) is 7.97. The number of nitrogens with zero attached hydrogens (tertiary/aromatic N) is 4. The van der Waals surface area contributed by atoms with Gasteiger partial charge in [-0.05, 0) is 0 Å². The number of rotatable bonds is 0. The average Bonchev–Trinajstić information content (AvgIpc) is 2.45. The average molecular weight is 222 g/mol. The van der Waals surface area contributed by atoms with Crippen LogP contribution in [0.2, 0.25) is 0 Å².